The predicted molar refractivity (Wildman–Crippen MR) is 66.1 cm³/mol. The highest BCUT2D eigenvalue weighted by Crippen LogP contribution is 2.28. The van der Waals surface area contributed by atoms with Crippen molar-refractivity contribution < 1.29 is 10.0 Å². The van der Waals surface area contributed by atoms with Crippen molar-refractivity contribution >= 4 is 11.9 Å². The van der Waals surface area contributed by atoms with Gasteiger partial charge in [-0.3, -0.25) is 0 Å². The van der Waals surface area contributed by atoms with Gasteiger partial charge < -0.3 is 21.6 Å². The van der Waals surface area contributed by atoms with E-state index in [9.17, 15) is 4.79 Å². The minimum absolute atomic E-state index is 0.101. The van der Waals surface area contributed by atoms with E-state index in [0.29, 0.717) is 6.54 Å². The molecule has 0 atom stereocenters. The lowest BCUT2D eigenvalue weighted by Crippen LogP contribution is -2.60. The summed E-state index contributed by atoms with van der Waals surface area (Å²) >= 11 is 0. The lowest BCUT2D eigenvalue weighted by Gasteiger charge is -2.36. The second-order valence-corrected chi connectivity index (χ2v) is 4.51. The van der Waals surface area contributed by atoms with Crippen LogP contribution in [0.3, 0.4) is 0 Å². The molecule has 17 heavy (non-hydrogen) atoms. The molecule has 0 saturated heterocycles. The zero-order valence-corrected chi connectivity index (χ0v) is 10.3. The molecular weight excluding hydrogens is 220 g/mol. The third-order valence-electron chi connectivity index (χ3n) is 3.19. The maximum Gasteiger partial charge on any atom is 0.315 e. The minimum atomic E-state index is -0.676. The summed E-state index contributed by atoms with van der Waals surface area (Å²) < 4.78 is 0. The Bertz CT molecular complexity index is 285. The molecule has 6 nitrogen and oxygen atoms in total. The molecule has 1 saturated carbocycles. The predicted octanol–water partition coefficient (Wildman–Crippen LogP) is 1.14. The fourth-order valence-corrected chi connectivity index (χ4v) is 2.20. The van der Waals surface area contributed by atoms with Crippen LogP contribution in [0.15, 0.2) is 5.16 Å². The standard InChI is InChI=1S/C11H22N4O2/c1-2-8-13-10(16)14-11(9(12)15-17)6-4-3-5-7-11/h17H,2-8H2,1H3,(H2,12,15)(H2,13,14,16). The van der Waals surface area contributed by atoms with Crippen LogP contribution in [0.1, 0.15) is 45.4 Å². The molecule has 98 valence electrons. The van der Waals surface area contributed by atoms with Crippen molar-refractivity contribution in [3.63, 3.8) is 0 Å². The second-order valence-electron chi connectivity index (χ2n) is 4.51. The molecule has 0 bridgehead atoms. The van der Waals surface area contributed by atoms with Crippen molar-refractivity contribution in [1.82, 2.24) is 10.6 Å². The van der Waals surface area contributed by atoms with E-state index < -0.39 is 5.54 Å². The highest BCUT2D eigenvalue weighted by Gasteiger charge is 2.38. The van der Waals surface area contributed by atoms with Gasteiger partial charge in [0.25, 0.3) is 0 Å². The number of rotatable bonds is 4. The van der Waals surface area contributed by atoms with Gasteiger partial charge in [-0.2, -0.15) is 0 Å². The normalized spacial score (nSPS) is 19.7. The smallest absolute Gasteiger partial charge is 0.315 e. The van der Waals surface area contributed by atoms with E-state index in [1.54, 1.807) is 0 Å². The van der Waals surface area contributed by atoms with Gasteiger partial charge in [0.05, 0.1) is 0 Å². The van der Waals surface area contributed by atoms with Gasteiger partial charge in [0, 0.05) is 6.54 Å². The van der Waals surface area contributed by atoms with Crippen molar-refractivity contribution in [2.24, 2.45) is 10.9 Å². The van der Waals surface area contributed by atoms with Crippen molar-refractivity contribution in [3.8, 4) is 0 Å². The molecule has 0 heterocycles. The summed E-state index contributed by atoms with van der Waals surface area (Å²) in [4.78, 5) is 11.7. The van der Waals surface area contributed by atoms with Gasteiger partial charge in [0.2, 0.25) is 0 Å². The minimum Gasteiger partial charge on any atom is -0.409 e. The summed E-state index contributed by atoms with van der Waals surface area (Å²) in [6.45, 7) is 2.61. The Hall–Kier alpha value is -1.46. The number of amidine groups is 1. The fourth-order valence-electron chi connectivity index (χ4n) is 2.20. The molecule has 0 aromatic rings. The zero-order chi connectivity index (χ0) is 12.7. The van der Waals surface area contributed by atoms with E-state index >= 15 is 0 Å². The molecule has 0 unspecified atom stereocenters. The van der Waals surface area contributed by atoms with Crippen molar-refractivity contribution in [2.75, 3.05) is 6.54 Å². The van der Waals surface area contributed by atoms with Gasteiger partial charge in [-0.05, 0) is 19.3 Å². The van der Waals surface area contributed by atoms with E-state index in [-0.39, 0.29) is 11.9 Å². The SMILES string of the molecule is CCCNC(=O)NC1(/C(N)=N/O)CCCCC1. The quantitative estimate of drug-likeness (QED) is 0.257. The number of carbonyl (C=O) groups excluding carboxylic acids is 1. The number of urea groups is 1. The average molecular weight is 242 g/mol. The lowest BCUT2D eigenvalue weighted by molar-refractivity contribution is 0.222. The molecule has 1 aliphatic rings. The number of nitrogens with zero attached hydrogens (tertiary/aromatic N) is 1. The molecular formula is C11H22N4O2. The summed E-state index contributed by atoms with van der Waals surface area (Å²) in [5.74, 6) is 0.101. The first kappa shape index (κ1) is 13.6. The van der Waals surface area contributed by atoms with Crippen LogP contribution in [0, 0.1) is 0 Å². The topological polar surface area (TPSA) is 99.7 Å². The summed E-state index contributed by atoms with van der Waals surface area (Å²) in [6, 6.07) is -0.250. The monoisotopic (exact) mass is 242 g/mol. The van der Waals surface area contributed by atoms with Gasteiger partial charge in [-0.15, -0.1) is 0 Å². The van der Waals surface area contributed by atoms with Crippen LogP contribution in [0.2, 0.25) is 0 Å². The number of amides is 2. The molecule has 6 heteroatoms. The van der Waals surface area contributed by atoms with Gasteiger partial charge in [0.1, 0.15) is 5.54 Å². The van der Waals surface area contributed by atoms with Crippen LogP contribution in [-0.2, 0) is 0 Å². The maximum absolute atomic E-state index is 11.7. The molecule has 2 amide bonds. The van der Waals surface area contributed by atoms with Gasteiger partial charge >= 0.3 is 6.03 Å². The molecule has 0 radical (unpaired) electrons. The first-order valence-corrected chi connectivity index (χ1v) is 6.18. The first-order chi connectivity index (χ1) is 8.14. The summed E-state index contributed by atoms with van der Waals surface area (Å²) in [7, 11) is 0. The zero-order valence-electron chi connectivity index (χ0n) is 10.3. The number of nitrogens with two attached hydrogens (primary N) is 1. The molecule has 0 spiro atoms. The van der Waals surface area contributed by atoms with Gasteiger partial charge in [-0.1, -0.05) is 31.3 Å². The Morgan fingerprint density at radius 3 is 2.59 bits per heavy atom. The Balaban J connectivity index is 2.67. The maximum atomic E-state index is 11.7. The molecule has 1 aliphatic carbocycles. The molecule has 1 fully saturated rings. The highest BCUT2D eigenvalue weighted by molar-refractivity contribution is 5.93. The van der Waals surface area contributed by atoms with Crippen LogP contribution in [0.4, 0.5) is 4.79 Å². The summed E-state index contributed by atoms with van der Waals surface area (Å²) in [5, 5.41) is 17.5. The van der Waals surface area contributed by atoms with Crippen molar-refractivity contribution in [3.05, 3.63) is 0 Å². The number of hydrogen-bond acceptors (Lipinski definition) is 3. The third-order valence-corrected chi connectivity index (χ3v) is 3.19. The lowest BCUT2D eigenvalue weighted by atomic mass is 9.81. The summed E-state index contributed by atoms with van der Waals surface area (Å²) in [5.41, 5.74) is 5.04. The van der Waals surface area contributed by atoms with Gasteiger partial charge in [-0.25, -0.2) is 4.79 Å². The Labute approximate surface area is 102 Å². The van der Waals surface area contributed by atoms with E-state index in [1.807, 2.05) is 6.92 Å². The Morgan fingerprint density at radius 1 is 1.41 bits per heavy atom. The number of hydrogen-bond donors (Lipinski definition) is 4. The van der Waals surface area contributed by atoms with Crippen molar-refractivity contribution in [1.29, 1.82) is 0 Å². The number of nitrogens with one attached hydrogen (secondary N) is 2. The average Bonchev–Trinajstić information content (AvgIpc) is 2.36. The van der Waals surface area contributed by atoms with Crippen LogP contribution in [-0.4, -0.2) is 29.2 Å². The third kappa shape index (κ3) is 3.51. The van der Waals surface area contributed by atoms with E-state index in [0.717, 1.165) is 38.5 Å². The van der Waals surface area contributed by atoms with E-state index in [1.165, 1.54) is 0 Å². The Kier molecular flexibility index (Phi) is 5.06. The molecule has 0 aliphatic heterocycles. The molecule has 5 N–H and O–H groups in total. The van der Waals surface area contributed by atoms with Crippen LogP contribution >= 0.6 is 0 Å². The highest BCUT2D eigenvalue weighted by atomic mass is 16.4. The molecule has 0 aromatic carbocycles. The molecule has 1 rings (SSSR count). The van der Waals surface area contributed by atoms with Crippen LogP contribution < -0.4 is 16.4 Å². The fraction of sp³-hybridized carbons (Fsp3) is 0.818. The first-order valence-electron chi connectivity index (χ1n) is 6.18. The van der Waals surface area contributed by atoms with Crippen LogP contribution in [0.25, 0.3) is 0 Å². The number of oxime groups is 1. The second kappa shape index (κ2) is 6.32. The van der Waals surface area contributed by atoms with E-state index in [4.69, 9.17) is 10.9 Å². The van der Waals surface area contributed by atoms with Crippen LogP contribution in [0.5, 0.6) is 0 Å². The van der Waals surface area contributed by atoms with Crippen molar-refractivity contribution in [2.45, 2.75) is 51.0 Å². The Morgan fingerprint density at radius 2 is 2.06 bits per heavy atom. The van der Waals surface area contributed by atoms with E-state index in [2.05, 4.69) is 15.8 Å². The summed E-state index contributed by atoms with van der Waals surface area (Å²) in [6.07, 6.45) is 5.40. The number of carbonyl (C=O) groups is 1. The largest absolute Gasteiger partial charge is 0.409 e. The van der Waals surface area contributed by atoms with Gasteiger partial charge in [0.15, 0.2) is 5.84 Å². The molecule has 0 aromatic heterocycles.